The summed E-state index contributed by atoms with van der Waals surface area (Å²) in [6.45, 7) is 0.437. The Labute approximate surface area is 144 Å². The number of likely N-dealkylation sites (N-methyl/N-ethyl adjacent to an activating group) is 1. The van der Waals surface area contributed by atoms with Crippen LogP contribution in [-0.2, 0) is 16.2 Å². The summed E-state index contributed by atoms with van der Waals surface area (Å²) in [5, 5.41) is 6.59. The fraction of sp³-hybridized carbons (Fsp3) is 0.118. The summed E-state index contributed by atoms with van der Waals surface area (Å²) in [5.41, 5.74) is 3.90. The van der Waals surface area contributed by atoms with Crippen LogP contribution in [0, 0.1) is 0 Å². The van der Waals surface area contributed by atoms with Crippen molar-refractivity contribution in [2.75, 3.05) is 7.05 Å². The Morgan fingerprint density at radius 3 is 2.38 bits per heavy atom. The molecule has 0 spiro atoms. The van der Waals surface area contributed by atoms with Crippen LogP contribution in [0.2, 0.25) is 5.02 Å². The number of carbonyl (C=O) groups is 2. The van der Waals surface area contributed by atoms with Crippen LogP contribution in [0.4, 0.5) is 0 Å². The number of amides is 2. The van der Waals surface area contributed by atoms with Gasteiger partial charge in [0.05, 0.1) is 6.21 Å². The van der Waals surface area contributed by atoms with Crippen LogP contribution in [0.15, 0.2) is 53.6 Å². The number of hydrogen-bond acceptors (Lipinski definition) is 4. The Morgan fingerprint density at radius 2 is 1.75 bits per heavy atom. The van der Waals surface area contributed by atoms with Gasteiger partial charge in [0, 0.05) is 12.1 Å². The van der Waals surface area contributed by atoms with E-state index in [1.54, 1.807) is 24.3 Å². The Bertz CT molecular complexity index is 728. The highest BCUT2D eigenvalue weighted by molar-refractivity contribution is 6.35. The van der Waals surface area contributed by atoms with Crippen LogP contribution in [-0.4, -0.2) is 25.1 Å². The first-order chi connectivity index (χ1) is 11.6. The summed E-state index contributed by atoms with van der Waals surface area (Å²) in [7, 11) is 1.37. The second-order valence-corrected chi connectivity index (χ2v) is 5.20. The van der Waals surface area contributed by atoms with Gasteiger partial charge in [-0.1, -0.05) is 23.7 Å². The molecule has 0 aliphatic heterocycles. The summed E-state index contributed by atoms with van der Waals surface area (Å²) in [5.74, 6) is -0.869. The molecule has 0 fully saturated rings. The van der Waals surface area contributed by atoms with E-state index in [2.05, 4.69) is 15.8 Å². The van der Waals surface area contributed by atoms with E-state index in [1.165, 1.54) is 13.3 Å². The van der Waals surface area contributed by atoms with Gasteiger partial charge in [-0.05, 0) is 47.5 Å². The average molecular weight is 346 g/mol. The fourth-order valence-electron chi connectivity index (χ4n) is 1.73. The topological polar surface area (TPSA) is 79.8 Å². The zero-order valence-corrected chi connectivity index (χ0v) is 13.7. The number of carbonyl (C=O) groups excluding carboxylic acids is 2. The maximum absolute atomic E-state index is 11.2. The number of halogens is 1. The first-order valence-corrected chi connectivity index (χ1v) is 7.48. The molecule has 24 heavy (non-hydrogen) atoms. The van der Waals surface area contributed by atoms with E-state index in [-0.39, 0.29) is 0 Å². The second-order valence-electron chi connectivity index (χ2n) is 4.76. The molecule has 124 valence electrons. The molecule has 2 aromatic rings. The van der Waals surface area contributed by atoms with E-state index < -0.39 is 11.8 Å². The van der Waals surface area contributed by atoms with Crippen molar-refractivity contribution < 1.29 is 14.3 Å². The van der Waals surface area contributed by atoms with Crippen molar-refractivity contribution in [2.45, 2.75) is 6.61 Å². The number of hydrazone groups is 1. The molecule has 0 aliphatic rings. The Hall–Kier alpha value is -2.86. The lowest BCUT2D eigenvalue weighted by Gasteiger charge is -2.06. The molecule has 0 bridgehead atoms. The van der Waals surface area contributed by atoms with Gasteiger partial charge in [-0.15, -0.1) is 0 Å². The molecule has 0 saturated carbocycles. The van der Waals surface area contributed by atoms with Gasteiger partial charge >= 0.3 is 11.8 Å². The Morgan fingerprint density at radius 1 is 1.08 bits per heavy atom. The Balaban J connectivity index is 1.85. The monoisotopic (exact) mass is 345 g/mol. The molecule has 0 aromatic heterocycles. The Kier molecular flexibility index (Phi) is 6.33. The molecule has 2 N–H and O–H groups in total. The maximum Gasteiger partial charge on any atom is 0.329 e. The second kappa shape index (κ2) is 8.69. The number of rotatable bonds is 5. The third kappa shape index (κ3) is 5.40. The van der Waals surface area contributed by atoms with Crippen molar-refractivity contribution >= 4 is 29.6 Å². The number of nitrogens with zero attached hydrogens (tertiary/aromatic N) is 1. The number of hydrogen-bond donors (Lipinski definition) is 2. The van der Waals surface area contributed by atoms with Crippen molar-refractivity contribution in [1.29, 1.82) is 0 Å². The van der Waals surface area contributed by atoms with Gasteiger partial charge in [-0.2, -0.15) is 5.10 Å². The molecule has 0 atom stereocenters. The summed E-state index contributed by atoms with van der Waals surface area (Å²) in [6.07, 6.45) is 1.43. The van der Waals surface area contributed by atoms with Crippen LogP contribution in [0.25, 0.3) is 0 Å². The number of ether oxygens (including phenoxy) is 1. The highest BCUT2D eigenvalue weighted by Gasteiger charge is 2.08. The van der Waals surface area contributed by atoms with Gasteiger partial charge in [0.2, 0.25) is 0 Å². The summed E-state index contributed by atoms with van der Waals surface area (Å²) in [4.78, 5) is 22.2. The zero-order valence-electron chi connectivity index (χ0n) is 13.0. The molecule has 2 rings (SSSR count). The third-order valence-electron chi connectivity index (χ3n) is 3.01. The first kappa shape index (κ1) is 17.5. The minimum absolute atomic E-state index is 0.437. The molecule has 0 heterocycles. The van der Waals surface area contributed by atoms with Gasteiger partial charge < -0.3 is 10.1 Å². The summed E-state index contributed by atoms with van der Waals surface area (Å²) < 4.78 is 5.67. The van der Waals surface area contributed by atoms with Gasteiger partial charge in [0.1, 0.15) is 12.4 Å². The SMILES string of the molecule is CNC(=O)C(=O)N/N=C\c1ccc(OCc2ccc(Cl)cc2)cc1. The summed E-state index contributed by atoms with van der Waals surface area (Å²) in [6, 6.07) is 14.6. The van der Waals surface area contributed by atoms with Gasteiger partial charge in [-0.25, -0.2) is 5.43 Å². The van der Waals surface area contributed by atoms with Crippen LogP contribution < -0.4 is 15.5 Å². The van der Waals surface area contributed by atoms with E-state index in [9.17, 15) is 9.59 Å². The zero-order chi connectivity index (χ0) is 17.4. The van der Waals surface area contributed by atoms with E-state index in [0.717, 1.165) is 11.1 Å². The molecule has 0 unspecified atom stereocenters. The average Bonchev–Trinajstić information content (AvgIpc) is 2.61. The molecule has 2 aromatic carbocycles. The molecule has 0 aliphatic carbocycles. The first-order valence-electron chi connectivity index (χ1n) is 7.11. The van der Waals surface area contributed by atoms with Crippen LogP contribution in [0.3, 0.4) is 0 Å². The predicted molar refractivity (Wildman–Crippen MR) is 92.0 cm³/mol. The number of benzene rings is 2. The lowest BCUT2D eigenvalue weighted by atomic mass is 10.2. The third-order valence-corrected chi connectivity index (χ3v) is 3.26. The van der Waals surface area contributed by atoms with E-state index in [4.69, 9.17) is 16.3 Å². The fourth-order valence-corrected chi connectivity index (χ4v) is 1.85. The van der Waals surface area contributed by atoms with Crippen molar-refractivity contribution in [1.82, 2.24) is 10.7 Å². The van der Waals surface area contributed by atoms with Gasteiger partial charge in [-0.3, -0.25) is 9.59 Å². The normalized spacial score (nSPS) is 10.4. The minimum atomic E-state index is -0.823. The van der Waals surface area contributed by atoms with E-state index >= 15 is 0 Å². The van der Waals surface area contributed by atoms with Gasteiger partial charge in [0.15, 0.2) is 0 Å². The molecule has 7 heteroatoms. The molecular weight excluding hydrogens is 330 g/mol. The van der Waals surface area contributed by atoms with Crippen LogP contribution >= 0.6 is 11.6 Å². The van der Waals surface area contributed by atoms with Gasteiger partial charge in [0.25, 0.3) is 0 Å². The highest BCUT2D eigenvalue weighted by Crippen LogP contribution is 2.15. The van der Waals surface area contributed by atoms with Crippen molar-refractivity contribution in [3.05, 3.63) is 64.7 Å². The molecular formula is C17H16ClN3O3. The van der Waals surface area contributed by atoms with E-state index in [1.807, 2.05) is 24.3 Å². The number of nitrogens with one attached hydrogen (secondary N) is 2. The lowest BCUT2D eigenvalue weighted by Crippen LogP contribution is -2.35. The molecule has 6 nitrogen and oxygen atoms in total. The molecule has 2 amide bonds. The van der Waals surface area contributed by atoms with Crippen molar-refractivity contribution in [3.8, 4) is 5.75 Å². The smallest absolute Gasteiger partial charge is 0.329 e. The van der Waals surface area contributed by atoms with Crippen molar-refractivity contribution in [2.24, 2.45) is 5.10 Å². The molecule has 0 radical (unpaired) electrons. The quantitative estimate of drug-likeness (QED) is 0.495. The lowest BCUT2D eigenvalue weighted by molar-refractivity contribution is -0.138. The van der Waals surface area contributed by atoms with E-state index in [0.29, 0.717) is 17.4 Å². The maximum atomic E-state index is 11.2. The van der Waals surface area contributed by atoms with Crippen LogP contribution in [0.5, 0.6) is 5.75 Å². The molecule has 0 saturated heterocycles. The minimum Gasteiger partial charge on any atom is -0.489 e. The predicted octanol–water partition coefficient (Wildman–Crippen LogP) is 2.12. The largest absolute Gasteiger partial charge is 0.489 e. The standard InChI is InChI=1S/C17H16ClN3O3/c1-19-16(22)17(23)21-20-10-12-4-8-15(9-5-12)24-11-13-2-6-14(18)7-3-13/h2-10H,11H2,1H3,(H,19,22)(H,21,23)/b20-10-. The summed E-state index contributed by atoms with van der Waals surface area (Å²) >= 11 is 5.83. The van der Waals surface area contributed by atoms with Crippen molar-refractivity contribution in [3.63, 3.8) is 0 Å². The van der Waals surface area contributed by atoms with Crippen LogP contribution in [0.1, 0.15) is 11.1 Å². The highest BCUT2D eigenvalue weighted by atomic mass is 35.5.